The van der Waals surface area contributed by atoms with Gasteiger partial charge < -0.3 is 5.11 Å². The monoisotopic (exact) mass is 218 g/mol. The summed E-state index contributed by atoms with van der Waals surface area (Å²) in [4.78, 5) is 3.28. The molecule has 0 amide bonds. The molecule has 0 unspecified atom stereocenters. The SMILES string of the molecule is N#CCc1c(O)cnc(C(F)F)c1Cl. The summed E-state index contributed by atoms with van der Waals surface area (Å²) < 4.78 is 24.5. The van der Waals surface area contributed by atoms with E-state index in [2.05, 4.69) is 4.98 Å². The number of nitriles is 1. The Bertz CT molecular complexity index is 390. The summed E-state index contributed by atoms with van der Waals surface area (Å²) in [5, 5.41) is 17.2. The van der Waals surface area contributed by atoms with Crippen molar-refractivity contribution in [2.24, 2.45) is 0 Å². The van der Waals surface area contributed by atoms with E-state index >= 15 is 0 Å². The molecule has 0 radical (unpaired) electrons. The number of pyridine rings is 1. The molecule has 0 aliphatic carbocycles. The lowest BCUT2D eigenvalue weighted by Crippen LogP contribution is -1.96. The molecule has 0 spiro atoms. The van der Waals surface area contributed by atoms with Crippen LogP contribution in [-0.4, -0.2) is 10.1 Å². The van der Waals surface area contributed by atoms with Crippen LogP contribution in [0.15, 0.2) is 6.20 Å². The third-order valence-corrected chi connectivity index (χ3v) is 2.01. The molecule has 6 heteroatoms. The van der Waals surface area contributed by atoms with E-state index < -0.39 is 12.1 Å². The first kappa shape index (κ1) is 10.7. The molecule has 1 aromatic heterocycles. The molecule has 0 saturated heterocycles. The van der Waals surface area contributed by atoms with Crippen LogP contribution in [0.5, 0.6) is 5.75 Å². The zero-order chi connectivity index (χ0) is 10.7. The van der Waals surface area contributed by atoms with Gasteiger partial charge in [0.1, 0.15) is 11.4 Å². The molecule has 1 aromatic rings. The Kier molecular flexibility index (Phi) is 3.20. The van der Waals surface area contributed by atoms with Gasteiger partial charge in [-0.25, -0.2) is 13.8 Å². The third-order valence-electron chi connectivity index (χ3n) is 1.59. The number of nitrogens with zero attached hydrogens (tertiary/aromatic N) is 2. The predicted octanol–water partition coefficient (Wildman–Crippen LogP) is 2.44. The van der Waals surface area contributed by atoms with Crippen molar-refractivity contribution >= 4 is 11.6 Å². The molecule has 0 fully saturated rings. The summed E-state index contributed by atoms with van der Waals surface area (Å²) in [6, 6.07) is 1.71. The average molecular weight is 219 g/mol. The number of rotatable bonds is 2. The fourth-order valence-corrected chi connectivity index (χ4v) is 1.23. The van der Waals surface area contributed by atoms with Gasteiger partial charge in [-0.15, -0.1) is 0 Å². The molecule has 0 bridgehead atoms. The number of aromatic nitrogens is 1. The molecule has 3 nitrogen and oxygen atoms in total. The molecule has 1 N–H and O–H groups in total. The second-order valence-electron chi connectivity index (χ2n) is 2.46. The summed E-state index contributed by atoms with van der Waals surface area (Å²) in [5.74, 6) is -0.346. The molecular weight excluding hydrogens is 214 g/mol. The zero-order valence-corrected chi connectivity index (χ0v) is 7.59. The van der Waals surface area contributed by atoms with Gasteiger partial charge in [0.25, 0.3) is 6.43 Å². The minimum atomic E-state index is -2.82. The Morgan fingerprint density at radius 2 is 2.29 bits per heavy atom. The van der Waals surface area contributed by atoms with E-state index in [9.17, 15) is 13.9 Å². The van der Waals surface area contributed by atoms with Gasteiger partial charge in [-0.3, -0.25) is 0 Å². The molecule has 74 valence electrons. The van der Waals surface area contributed by atoms with Crippen LogP contribution in [0.1, 0.15) is 17.7 Å². The van der Waals surface area contributed by atoms with Gasteiger partial charge >= 0.3 is 0 Å². The van der Waals surface area contributed by atoms with Crippen LogP contribution in [0.4, 0.5) is 8.78 Å². The summed E-state index contributed by atoms with van der Waals surface area (Å²) in [7, 11) is 0. The van der Waals surface area contributed by atoms with Gasteiger partial charge in [0, 0.05) is 5.56 Å². The van der Waals surface area contributed by atoms with Gasteiger partial charge in [-0.05, 0) is 0 Å². The molecule has 0 saturated carbocycles. The maximum atomic E-state index is 12.3. The van der Waals surface area contributed by atoms with Crippen LogP contribution in [0.25, 0.3) is 0 Å². The molecular formula is C8H5ClF2N2O. The first-order valence-corrected chi connectivity index (χ1v) is 3.97. The van der Waals surface area contributed by atoms with Crippen LogP contribution in [-0.2, 0) is 6.42 Å². The van der Waals surface area contributed by atoms with Crippen LogP contribution in [0.2, 0.25) is 5.02 Å². The fraction of sp³-hybridized carbons (Fsp3) is 0.250. The highest BCUT2D eigenvalue weighted by molar-refractivity contribution is 6.32. The number of aromatic hydroxyl groups is 1. The van der Waals surface area contributed by atoms with E-state index in [4.69, 9.17) is 16.9 Å². The van der Waals surface area contributed by atoms with Crippen molar-refractivity contribution in [1.82, 2.24) is 4.98 Å². The van der Waals surface area contributed by atoms with Crippen molar-refractivity contribution in [3.05, 3.63) is 22.5 Å². The Morgan fingerprint density at radius 1 is 1.64 bits per heavy atom. The van der Waals surface area contributed by atoms with Crippen molar-refractivity contribution in [1.29, 1.82) is 5.26 Å². The smallest absolute Gasteiger partial charge is 0.281 e. The lowest BCUT2D eigenvalue weighted by atomic mass is 10.1. The van der Waals surface area contributed by atoms with Crippen molar-refractivity contribution in [3.8, 4) is 11.8 Å². The summed E-state index contributed by atoms with van der Waals surface area (Å²) in [5.41, 5.74) is -0.630. The summed E-state index contributed by atoms with van der Waals surface area (Å²) in [6.45, 7) is 0. The van der Waals surface area contributed by atoms with E-state index in [-0.39, 0.29) is 22.8 Å². The Labute approximate surface area is 83.6 Å². The fourth-order valence-electron chi connectivity index (χ4n) is 0.932. The van der Waals surface area contributed by atoms with Crippen LogP contribution < -0.4 is 0 Å². The minimum absolute atomic E-state index is 0.0144. The highest BCUT2D eigenvalue weighted by Crippen LogP contribution is 2.32. The largest absolute Gasteiger partial charge is 0.506 e. The van der Waals surface area contributed by atoms with E-state index in [1.165, 1.54) is 0 Å². The Morgan fingerprint density at radius 3 is 2.79 bits per heavy atom. The lowest BCUT2D eigenvalue weighted by molar-refractivity contribution is 0.146. The maximum Gasteiger partial charge on any atom is 0.281 e. The summed E-state index contributed by atoms with van der Waals surface area (Å²) >= 11 is 5.53. The highest BCUT2D eigenvalue weighted by atomic mass is 35.5. The molecule has 0 aromatic carbocycles. The summed E-state index contributed by atoms with van der Waals surface area (Å²) in [6.07, 6.45) is -2.19. The number of alkyl halides is 2. The van der Waals surface area contributed by atoms with E-state index in [0.717, 1.165) is 6.20 Å². The third kappa shape index (κ3) is 1.91. The molecule has 1 heterocycles. The van der Waals surface area contributed by atoms with Gasteiger partial charge in [0.15, 0.2) is 0 Å². The second-order valence-corrected chi connectivity index (χ2v) is 2.83. The van der Waals surface area contributed by atoms with Crippen molar-refractivity contribution in [3.63, 3.8) is 0 Å². The maximum absolute atomic E-state index is 12.3. The Balaban J connectivity index is 3.27. The van der Waals surface area contributed by atoms with Crippen LogP contribution in [0, 0.1) is 11.3 Å². The molecule has 0 aliphatic heterocycles. The molecule has 14 heavy (non-hydrogen) atoms. The first-order valence-electron chi connectivity index (χ1n) is 3.59. The quantitative estimate of drug-likeness (QED) is 0.830. The van der Waals surface area contributed by atoms with Gasteiger partial charge in [0.2, 0.25) is 0 Å². The van der Waals surface area contributed by atoms with Gasteiger partial charge in [0.05, 0.1) is 23.7 Å². The minimum Gasteiger partial charge on any atom is -0.506 e. The zero-order valence-electron chi connectivity index (χ0n) is 6.84. The highest BCUT2D eigenvalue weighted by Gasteiger charge is 2.19. The normalized spacial score (nSPS) is 10.2. The van der Waals surface area contributed by atoms with E-state index in [1.807, 2.05) is 0 Å². The van der Waals surface area contributed by atoms with Gasteiger partial charge in [-0.1, -0.05) is 11.6 Å². The van der Waals surface area contributed by atoms with Gasteiger partial charge in [-0.2, -0.15) is 5.26 Å². The topological polar surface area (TPSA) is 56.9 Å². The standard InChI is InChI=1S/C8H5ClF2N2O/c9-6-4(1-2-12)5(14)3-13-7(6)8(10)11/h3,8,14H,1H2. The number of hydrogen-bond acceptors (Lipinski definition) is 3. The first-order chi connectivity index (χ1) is 6.57. The molecule has 0 atom stereocenters. The Hall–Kier alpha value is -1.41. The van der Waals surface area contributed by atoms with E-state index in [0.29, 0.717) is 0 Å². The number of halogens is 3. The second kappa shape index (κ2) is 4.20. The molecule has 0 aliphatic rings. The van der Waals surface area contributed by atoms with Crippen LogP contribution in [0.3, 0.4) is 0 Å². The number of hydrogen-bond donors (Lipinski definition) is 1. The van der Waals surface area contributed by atoms with Crippen molar-refractivity contribution < 1.29 is 13.9 Å². The van der Waals surface area contributed by atoms with Crippen LogP contribution >= 0.6 is 11.6 Å². The van der Waals surface area contributed by atoms with Crippen molar-refractivity contribution in [2.45, 2.75) is 12.8 Å². The van der Waals surface area contributed by atoms with E-state index in [1.54, 1.807) is 6.07 Å². The lowest BCUT2D eigenvalue weighted by Gasteiger charge is -2.07. The average Bonchev–Trinajstić information content (AvgIpc) is 2.11. The predicted molar refractivity (Wildman–Crippen MR) is 45.2 cm³/mol. The molecule has 1 rings (SSSR count). The van der Waals surface area contributed by atoms with Crippen molar-refractivity contribution in [2.75, 3.05) is 0 Å².